The number of guanidine groups is 1. The summed E-state index contributed by atoms with van der Waals surface area (Å²) < 4.78 is 10.1. The quantitative estimate of drug-likeness (QED) is 0.191. The summed E-state index contributed by atoms with van der Waals surface area (Å²) in [7, 11) is 1.73. The van der Waals surface area contributed by atoms with Gasteiger partial charge in [-0.2, -0.15) is 0 Å². The van der Waals surface area contributed by atoms with E-state index >= 15 is 0 Å². The lowest BCUT2D eigenvalue weighted by atomic mass is 10.3. The van der Waals surface area contributed by atoms with Gasteiger partial charge in [0.05, 0.1) is 6.61 Å². The molecule has 0 aromatic carbocycles. The Labute approximate surface area is 139 Å². The summed E-state index contributed by atoms with van der Waals surface area (Å²) in [4.78, 5) is 15.2. The first-order valence-corrected chi connectivity index (χ1v) is 6.92. The first kappa shape index (κ1) is 21.7. The highest BCUT2D eigenvalue weighted by Crippen LogP contribution is 1.91. The molecule has 0 radical (unpaired) electrons. The van der Waals surface area contributed by atoms with Crippen molar-refractivity contribution in [1.29, 1.82) is 0 Å². The molecule has 0 aliphatic heterocycles. The Morgan fingerprint density at radius 1 is 1.10 bits per heavy atom. The molecule has 0 aliphatic carbocycles. The van der Waals surface area contributed by atoms with E-state index in [2.05, 4.69) is 15.6 Å². The van der Waals surface area contributed by atoms with E-state index in [0.717, 1.165) is 38.6 Å². The van der Waals surface area contributed by atoms with Crippen LogP contribution in [0, 0.1) is 0 Å². The lowest BCUT2D eigenvalue weighted by Crippen LogP contribution is -2.38. The minimum atomic E-state index is -0.149. The summed E-state index contributed by atoms with van der Waals surface area (Å²) in [6, 6.07) is 0. The van der Waals surface area contributed by atoms with Gasteiger partial charge in [-0.1, -0.05) is 0 Å². The Balaban J connectivity index is 0. The molecule has 0 saturated heterocycles. The third-order valence-electron chi connectivity index (χ3n) is 2.34. The number of hydrogen-bond donors (Lipinski definition) is 2. The van der Waals surface area contributed by atoms with Crippen LogP contribution in [0.2, 0.25) is 0 Å². The molecule has 0 atom stereocenters. The molecule has 0 aliphatic rings. The Bertz CT molecular complexity index is 263. The van der Waals surface area contributed by atoms with Crippen LogP contribution >= 0.6 is 24.0 Å². The van der Waals surface area contributed by atoms with E-state index in [1.165, 1.54) is 0 Å². The van der Waals surface area contributed by atoms with Crippen molar-refractivity contribution in [3.63, 3.8) is 0 Å². The summed E-state index contributed by atoms with van der Waals surface area (Å²) in [5, 5.41) is 6.33. The van der Waals surface area contributed by atoms with Gasteiger partial charge in [0.1, 0.15) is 0 Å². The van der Waals surface area contributed by atoms with Crippen LogP contribution in [0.1, 0.15) is 33.1 Å². The second kappa shape index (κ2) is 16.5. The highest BCUT2D eigenvalue weighted by molar-refractivity contribution is 14.0. The van der Waals surface area contributed by atoms with Crippen LogP contribution in [0.25, 0.3) is 0 Å². The number of esters is 1. The molecule has 0 spiro atoms. The number of carbonyl (C=O) groups is 1. The van der Waals surface area contributed by atoms with Crippen molar-refractivity contribution in [1.82, 2.24) is 10.6 Å². The molecular weight excluding hydrogens is 373 g/mol. The maximum Gasteiger partial charge on any atom is 0.305 e. The lowest BCUT2D eigenvalue weighted by Gasteiger charge is -2.11. The van der Waals surface area contributed by atoms with Crippen molar-refractivity contribution in [2.75, 3.05) is 40.0 Å². The number of nitrogens with zero attached hydrogens (tertiary/aromatic N) is 1. The number of ether oxygens (including phenoxy) is 2. The van der Waals surface area contributed by atoms with Crippen LogP contribution in [-0.2, 0) is 14.3 Å². The average molecular weight is 401 g/mol. The van der Waals surface area contributed by atoms with Gasteiger partial charge in [0.15, 0.2) is 5.96 Å². The molecule has 20 heavy (non-hydrogen) atoms. The molecule has 0 unspecified atom stereocenters. The average Bonchev–Trinajstić information content (AvgIpc) is 2.41. The lowest BCUT2D eigenvalue weighted by molar-refractivity contribution is -0.143. The Hall–Kier alpha value is -0.570. The second-order valence-electron chi connectivity index (χ2n) is 3.88. The monoisotopic (exact) mass is 401 g/mol. The molecular formula is C13H28IN3O3. The number of aliphatic imine (C=N–C) groups is 1. The van der Waals surface area contributed by atoms with Crippen molar-refractivity contribution in [3.05, 3.63) is 0 Å². The zero-order valence-electron chi connectivity index (χ0n) is 12.7. The fourth-order valence-corrected chi connectivity index (χ4v) is 1.42. The maximum atomic E-state index is 11.1. The van der Waals surface area contributed by atoms with Gasteiger partial charge in [-0.15, -0.1) is 24.0 Å². The molecule has 0 bridgehead atoms. The van der Waals surface area contributed by atoms with Crippen LogP contribution < -0.4 is 10.6 Å². The standard InChI is InChI=1S/C13H27N3O3.HI/c1-4-18-11-7-10-16-13(14-3)15-9-6-8-12(17)19-5-2;/h4-11H2,1-3H3,(H2,14,15,16);1H. The molecule has 0 fully saturated rings. The van der Waals surface area contributed by atoms with Gasteiger partial charge in [0.25, 0.3) is 0 Å². The fraction of sp³-hybridized carbons (Fsp3) is 0.846. The zero-order chi connectivity index (χ0) is 14.3. The number of hydrogen-bond acceptors (Lipinski definition) is 4. The zero-order valence-corrected chi connectivity index (χ0v) is 15.1. The predicted molar refractivity (Wildman–Crippen MR) is 91.8 cm³/mol. The van der Waals surface area contributed by atoms with Gasteiger partial charge < -0.3 is 20.1 Å². The molecule has 0 aromatic rings. The van der Waals surface area contributed by atoms with Crippen molar-refractivity contribution in [2.24, 2.45) is 4.99 Å². The summed E-state index contributed by atoms with van der Waals surface area (Å²) >= 11 is 0. The predicted octanol–water partition coefficient (Wildman–Crippen LogP) is 1.54. The van der Waals surface area contributed by atoms with Crippen molar-refractivity contribution in [3.8, 4) is 0 Å². The number of nitrogens with one attached hydrogen (secondary N) is 2. The van der Waals surface area contributed by atoms with Gasteiger partial charge in [0.2, 0.25) is 0 Å². The molecule has 0 saturated carbocycles. The molecule has 2 N–H and O–H groups in total. The molecule has 0 aromatic heterocycles. The number of halogens is 1. The summed E-state index contributed by atoms with van der Waals surface area (Å²) in [5.74, 6) is 0.601. The molecule has 0 heterocycles. The smallest absolute Gasteiger partial charge is 0.305 e. The van der Waals surface area contributed by atoms with Crippen molar-refractivity contribution >= 4 is 35.9 Å². The normalized spacial score (nSPS) is 10.7. The molecule has 7 heteroatoms. The van der Waals surface area contributed by atoms with Crippen molar-refractivity contribution in [2.45, 2.75) is 33.1 Å². The van der Waals surface area contributed by atoms with Gasteiger partial charge in [-0.25, -0.2) is 0 Å². The Morgan fingerprint density at radius 3 is 2.30 bits per heavy atom. The van der Waals surface area contributed by atoms with E-state index in [-0.39, 0.29) is 29.9 Å². The van der Waals surface area contributed by atoms with Gasteiger partial charge in [-0.05, 0) is 26.7 Å². The Morgan fingerprint density at radius 2 is 1.75 bits per heavy atom. The van der Waals surface area contributed by atoms with E-state index in [9.17, 15) is 4.79 Å². The Kier molecular flexibility index (Phi) is 17.9. The number of rotatable bonds is 10. The van der Waals surface area contributed by atoms with E-state index in [0.29, 0.717) is 19.6 Å². The van der Waals surface area contributed by atoms with Crippen LogP contribution in [0.4, 0.5) is 0 Å². The first-order chi connectivity index (χ1) is 9.24. The second-order valence-corrected chi connectivity index (χ2v) is 3.88. The van der Waals surface area contributed by atoms with Crippen LogP contribution in [-0.4, -0.2) is 51.9 Å². The molecule has 120 valence electrons. The van der Waals surface area contributed by atoms with Crippen LogP contribution in [0.15, 0.2) is 4.99 Å². The first-order valence-electron chi connectivity index (χ1n) is 6.92. The minimum Gasteiger partial charge on any atom is -0.466 e. The SMILES string of the molecule is CCOCCCNC(=NC)NCCCC(=O)OCC.I. The summed E-state index contributed by atoms with van der Waals surface area (Å²) in [5.41, 5.74) is 0. The highest BCUT2D eigenvalue weighted by atomic mass is 127. The van der Waals surface area contributed by atoms with E-state index in [4.69, 9.17) is 9.47 Å². The third kappa shape index (κ3) is 13.9. The van der Waals surface area contributed by atoms with E-state index < -0.39 is 0 Å². The molecule has 6 nitrogen and oxygen atoms in total. The van der Waals surface area contributed by atoms with Crippen LogP contribution in [0.3, 0.4) is 0 Å². The van der Waals surface area contributed by atoms with Crippen LogP contribution in [0.5, 0.6) is 0 Å². The topological polar surface area (TPSA) is 72.0 Å². The fourth-order valence-electron chi connectivity index (χ4n) is 1.42. The van der Waals surface area contributed by atoms with Gasteiger partial charge >= 0.3 is 5.97 Å². The maximum absolute atomic E-state index is 11.1. The van der Waals surface area contributed by atoms with Gasteiger partial charge in [-0.3, -0.25) is 9.79 Å². The third-order valence-corrected chi connectivity index (χ3v) is 2.34. The largest absolute Gasteiger partial charge is 0.466 e. The van der Waals surface area contributed by atoms with Gasteiger partial charge in [0, 0.05) is 39.8 Å². The van der Waals surface area contributed by atoms with E-state index in [1.54, 1.807) is 7.05 Å². The summed E-state index contributed by atoms with van der Waals surface area (Å²) in [6.07, 6.45) is 2.11. The number of carbonyl (C=O) groups excluding carboxylic acids is 1. The molecule has 0 amide bonds. The van der Waals surface area contributed by atoms with Crippen molar-refractivity contribution < 1.29 is 14.3 Å². The highest BCUT2D eigenvalue weighted by Gasteiger charge is 2.01. The molecule has 0 rings (SSSR count). The van der Waals surface area contributed by atoms with E-state index in [1.807, 2.05) is 13.8 Å². The summed E-state index contributed by atoms with van der Waals surface area (Å²) in [6.45, 7) is 7.25. The minimum absolute atomic E-state index is 0.